The van der Waals surface area contributed by atoms with Gasteiger partial charge >= 0.3 is 0 Å². The van der Waals surface area contributed by atoms with E-state index in [0.717, 1.165) is 30.2 Å². The number of morpholine rings is 1. The highest BCUT2D eigenvalue weighted by molar-refractivity contribution is 7.80. The first-order valence-electron chi connectivity index (χ1n) is 9.80. The molecule has 1 fully saturated rings. The first-order chi connectivity index (χ1) is 14.0. The molecule has 1 aliphatic heterocycles. The molecule has 154 valence electrons. The second-order valence-electron chi connectivity index (χ2n) is 7.25. The first kappa shape index (κ1) is 21.1. The molecule has 1 aliphatic rings. The molecule has 1 heterocycles. The van der Waals surface area contributed by atoms with Crippen molar-refractivity contribution in [2.75, 3.05) is 43.1 Å². The van der Waals surface area contributed by atoms with E-state index in [1.165, 1.54) is 0 Å². The van der Waals surface area contributed by atoms with E-state index >= 15 is 0 Å². The number of hydrogen-bond acceptors (Lipinski definition) is 5. The minimum absolute atomic E-state index is 0.260. The summed E-state index contributed by atoms with van der Waals surface area (Å²) in [6, 6.07) is 15.0. The number of nitrogens with zero attached hydrogens (tertiary/aromatic N) is 1. The minimum atomic E-state index is -0.262. The first-order valence-corrected chi connectivity index (χ1v) is 10.2. The molecule has 0 unspecified atom stereocenters. The second kappa shape index (κ2) is 10.2. The zero-order valence-electron chi connectivity index (χ0n) is 16.8. The van der Waals surface area contributed by atoms with E-state index in [4.69, 9.17) is 21.7 Å². The van der Waals surface area contributed by atoms with Gasteiger partial charge in [-0.1, -0.05) is 26.0 Å². The van der Waals surface area contributed by atoms with Crippen LogP contribution in [0.5, 0.6) is 5.75 Å². The van der Waals surface area contributed by atoms with Gasteiger partial charge in [0.2, 0.25) is 0 Å². The molecule has 1 amide bonds. The molecule has 0 spiro atoms. The van der Waals surface area contributed by atoms with Crippen LogP contribution in [0.15, 0.2) is 48.5 Å². The Bertz CT molecular complexity index is 833. The topological polar surface area (TPSA) is 62.8 Å². The normalized spacial score (nSPS) is 13.8. The number of carbonyl (C=O) groups excluding carboxylic acids is 1. The van der Waals surface area contributed by atoms with Gasteiger partial charge in [-0.3, -0.25) is 10.1 Å². The van der Waals surface area contributed by atoms with Crippen LogP contribution in [0, 0.1) is 5.92 Å². The zero-order valence-corrected chi connectivity index (χ0v) is 17.6. The molecule has 3 rings (SSSR count). The van der Waals surface area contributed by atoms with E-state index in [1.54, 1.807) is 24.3 Å². The van der Waals surface area contributed by atoms with E-state index in [1.807, 2.05) is 24.3 Å². The number of para-hydroxylation sites is 2. The Morgan fingerprint density at radius 1 is 1.14 bits per heavy atom. The third-order valence-electron chi connectivity index (χ3n) is 4.43. The summed E-state index contributed by atoms with van der Waals surface area (Å²) >= 11 is 5.36. The van der Waals surface area contributed by atoms with E-state index in [2.05, 4.69) is 29.4 Å². The SMILES string of the molecule is CC(C)COc1ccc(C(=O)NC(=S)Nc2ccccc2N2CCOCC2)cc1. The summed E-state index contributed by atoms with van der Waals surface area (Å²) in [7, 11) is 0. The summed E-state index contributed by atoms with van der Waals surface area (Å²) in [6.07, 6.45) is 0. The van der Waals surface area contributed by atoms with Crippen LogP contribution in [0.3, 0.4) is 0 Å². The molecule has 7 heteroatoms. The lowest BCUT2D eigenvalue weighted by atomic mass is 10.2. The standard InChI is InChI=1S/C22H27N3O3S/c1-16(2)15-28-18-9-7-17(8-10-18)21(26)24-22(29)23-19-5-3-4-6-20(19)25-11-13-27-14-12-25/h3-10,16H,11-15H2,1-2H3,(H2,23,24,26,29). The van der Waals surface area contributed by atoms with Crippen LogP contribution in [0.4, 0.5) is 11.4 Å². The highest BCUT2D eigenvalue weighted by Crippen LogP contribution is 2.26. The Balaban J connectivity index is 1.59. The summed E-state index contributed by atoms with van der Waals surface area (Å²) in [6.45, 7) is 7.87. The van der Waals surface area contributed by atoms with Gasteiger partial charge in [0.1, 0.15) is 5.75 Å². The van der Waals surface area contributed by atoms with Crippen molar-refractivity contribution in [2.24, 2.45) is 5.92 Å². The van der Waals surface area contributed by atoms with Gasteiger partial charge in [0.05, 0.1) is 31.2 Å². The number of thiocarbonyl (C=S) groups is 1. The zero-order chi connectivity index (χ0) is 20.6. The molecule has 0 bridgehead atoms. The number of hydrogen-bond donors (Lipinski definition) is 2. The maximum atomic E-state index is 12.5. The van der Waals surface area contributed by atoms with Crippen LogP contribution < -0.4 is 20.3 Å². The summed E-state index contributed by atoms with van der Waals surface area (Å²) in [4.78, 5) is 14.7. The van der Waals surface area contributed by atoms with Gasteiger partial charge in [0.15, 0.2) is 5.11 Å². The smallest absolute Gasteiger partial charge is 0.257 e. The molecule has 2 aromatic carbocycles. The third-order valence-corrected chi connectivity index (χ3v) is 4.64. The number of rotatable bonds is 6. The van der Waals surface area contributed by atoms with E-state index in [9.17, 15) is 4.79 Å². The predicted molar refractivity (Wildman–Crippen MR) is 120 cm³/mol. The van der Waals surface area contributed by atoms with Crippen LogP contribution in [0.2, 0.25) is 0 Å². The fraction of sp³-hybridized carbons (Fsp3) is 0.364. The molecule has 2 N–H and O–H groups in total. The lowest BCUT2D eigenvalue weighted by Crippen LogP contribution is -2.38. The van der Waals surface area contributed by atoms with Crippen LogP contribution in [-0.2, 0) is 4.74 Å². The number of anilines is 2. The highest BCUT2D eigenvalue weighted by Gasteiger charge is 2.16. The maximum absolute atomic E-state index is 12.5. The van der Waals surface area contributed by atoms with Crippen molar-refractivity contribution in [1.29, 1.82) is 0 Å². The quantitative estimate of drug-likeness (QED) is 0.705. The molecule has 0 saturated carbocycles. The number of nitrogens with one attached hydrogen (secondary N) is 2. The van der Waals surface area contributed by atoms with Crippen LogP contribution >= 0.6 is 12.2 Å². The van der Waals surface area contributed by atoms with Crippen LogP contribution in [0.25, 0.3) is 0 Å². The second-order valence-corrected chi connectivity index (χ2v) is 7.66. The molecule has 2 aromatic rings. The fourth-order valence-electron chi connectivity index (χ4n) is 2.95. The molecular weight excluding hydrogens is 386 g/mol. The lowest BCUT2D eigenvalue weighted by Gasteiger charge is -2.30. The van der Waals surface area contributed by atoms with E-state index < -0.39 is 0 Å². The van der Waals surface area contributed by atoms with Crippen molar-refractivity contribution in [3.63, 3.8) is 0 Å². The summed E-state index contributed by atoms with van der Waals surface area (Å²) in [5, 5.41) is 6.15. The average molecular weight is 414 g/mol. The molecule has 1 saturated heterocycles. The van der Waals surface area contributed by atoms with E-state index in [-0.39, 0.29) is 11.0 Å². The average Bonchev–Trinajstić information content (AvgIpc) is 2.73. The molecule has 0 radical (unpaired) electrons. The van der Waals surface area contributed by atoms with Gasteiger partial charge in [0.25, 0.3) is 5.91 Å². The van der Waals surface area contributed by atoms with Gasteiger partial charge in [-0.15, -0.1) is 0 Å². The van der Waals surface area contributed by atoms with Gasteiger partial charge in [-0.25, -0.2) is 0 Å². The summed E-state index contributed by atoms with van der Waals surface area (Å²) in [5.74, 6) is 0.930. The Morgan fingerprint density at radius 3 is 2.52 bits per heavy atom. The molecule has 0 aliphatic carbocycles. The van der Waals surface area contributed by atoms with Gasteiger partial charge in [-0.2, -0.15) is 0 Å². The molecule has 0 aromatic heterocycles. The largest absolute Gasteiger partial charge is 0.493 e. The monoisotopic (exact) mass is 413 g/mol. The van der Waals surface area contributed by atoms with Gasteiger partial charge in [-0.05, 0) is 54.5 Å². The predicted octanol–water partition coefficient (Wildman–Crippen LogP) is 3.68. The number of benzene rings is 2. The lowest BCUT2D eigenvalue weighted by molar-refractivity contribution is 0.0977. The van der Waals surface area contributed by atoms with Crippen molar-refractivity contribution < 1.29 is 14.3 Å². The Labute approximate surface area is 177 Å². The molecule has 6 nitrogen and oxygen atoms in total. The minimum Gasteiger partial charge on any atom is -0.493 e. The third kappa shape index (κ3) is 6.17. The fourth-order valence-corrected chi connectivity index (χ4v) is 3.16. The maximum Gasteiger partial charge on any atom is 0.257 e. The number of carbonyl (C=O) groups is 1. The van der Waals surface area contributed by atoms with Crippen molar-refractivity contribution in [3.05, 3.63) is 54.1 Å². The molecule has 0 atom stereocenters. The van der Waals surface area contributed by atoms with Crippen LogP contribution in [0.1, 0.15) is 24.2 Å². The summed E-state index contributed by atoms with van der Waals surface area (Å²) in [5.41, 5.74) is 2.42. The van der Waals surface area contributed by atoms with Gasteiger partial charge in [0, 0.05) is 18.7 Å². The Kier molecular flexibility index (Phi) is 7.43. The molecular formula is C22H27N3O3S. The van der Waals surface area contributed by atoms with Crippen LogP contribution in [-0.4, -0.2) is 43.9 Å². The Morgan fingerprint density at radius 2 is 1.83 bits per heavy atom. The van der Waals surface area contributed by atoms with Crippen molar-refractivity contribution in [1.82, 2.24) is 5.32 Å². The number of amides is 1. The van der Waals surface area contributed by atoms with Crippen molar-refractivity contribution >= 4 is 34.6 Å². The van der Waals surface area contributed by atoms with E-state index in [0.29, 0.717) is 31.3 Å². The highest BCUT2D eigenvalue weighted by atomic mass is 32.1. The van der Waals surface area contributed by atoms with Gasteiger partial charge < -0.3 is 19.7 Å². The summed E-state index contributed by atoms with van der Waals surface area (Å²) < 4.78 is 11.1. The Hall–Kier alpha value is -2.64. The number of ether oxygens (including phenoxy) is 2. The van der Waals surface area contributed by atoms with Crippen molar-refractivity contribution in [3.8, 4) is 5.75 Å². The van der Waals surface area contributed by atoms with Crippen molar-refractivity contribution in [2.45, 2.75) is 13.8 Å². The molecule has 29 heavy (non-hydrogen) atoms.